The molecular formula is C22H15FN2O2. The quantitative estimate of drug-likeness (QED) is 0.534. The van der Waals surface area contributed by atoms with Crippen molar-refractivity contribution < 1.29 is 13.9 Å². The molecule has 0 bridgehead atoms. The lowest BCUT2D eigenvalue weighted by Gasteiger charge is -2.06. The van der Waals surface area contributed by atoms with Crippen LogP contribution in [0, 0.1) is 18.2 Å². The maximum Gasteiger partial charge on any atom is 0.248 e. The van der Waals surface area contributed by atoms with E-state index in [1.54, 1.807) is 48.7 Å². The molecule has 3 rings (SSSR count). The normalized spacial score (nSPS) is 10.4. The number of nitrogens with zero attached hydrogens (tertiary/aromatic N) is 1. The smallest absolute Gasteiger partial charge is 0.248 e. The van der Waals surface area contributed by atoms with Crippen molar-refractivity contribution >= 4 is 17.7 Å². The van der Waals surface area contributed by atoms with E-state index in [0.717, 1.165) is 0 Å². The summed E-state index contributed by atoms with van der Waals surface area (Å²) in [6, 6.07) is 14.8. The standard InChI is InChI=1S/C22H15FN2O2/c1-2-16-5-3-6-18(13-16)25-22(26)11-9-17-8-10-21(20(23)14-17)27-19-7-4-12-24-15-19/h1,3-15H,(H,25,26). The molecule has 2 aromatic carbocycles. The highest BCUT2D eigenvalue weighted by Crippen LogP contribution is 2.24. The average molecular weight is 358 g/mol. The summed E-state index contributed by atoms with van der Waals surface area (Å²) in [5.41, 5.74) is 1.79. The van der Waals surface area contributed by atoms with Gasteiger partial charge in [-0.3, -0.25) is 9.78 Å². The molecule has 0 saturated carbocycles. The molecule has 1 amide bonds. The van der Waals surface area contributed by atoms with Gasteiger partial charge in [-0.15, -0.1) is 6.42 Å². The second-order valence-electron chi connectivity index (χ2n) is 5.53. The molecule has 1 aromatic heterocycles. The fourth-order valence-corrected chi connectivity index (χ4v) is 2.28. The van der Waals surface area contributed by atoms with Gasteiger partial charge >= 0.3 is 0 Å². The predicted molar refractivity (Wildman–Crippen MR) is 103 cm³/mol. The van der Waals surface area contributed by atoms with Crippen LogP contribution in [0.5, 0.6) is 11.5 Å². The second kappa shape index (κ2) is 8.45. The van der Waals surface area contributed by atoms with Crippen molar-refractivity contribution in [3.63, 3.8) is 0 Å². The van der Waals surface area contributed by atoms with Gasteiger partial charge < -0.3 is 10.1 Å². The van der Waals surface area contributed by atoms with Crippen LogP contribution in [0.1, 0.15) is 11.1 Å². The fraction of sp³-hybridized carbons (Fsp3) is 0. The molecule has 3 aromatic rings. The molecule has 0 unspecified atom stereocenters. The van der Waals surface area contributed by atoms with Gasteiger partial charge in [-0.05, 0) is 54.1 Å². The van der Waals surface area contributed by atoms with Crippen LogP contribution in [0.3, 0.4) is 0 Å². The first-order chi connectivity index (χ1) is 13.1. The number of carbonyl (C=O) groups is 1. The Balaban J connectivity index is 1.65. The first-order valence-corrected chi connectivity index (χ1v) is 8.07. The number of nitrogens with one attached hydrogen (secondary N) is 1. The van der Waals surface area contributed by atoms with E-state index >= 15 is 0 Å². The Morgan fingerprint density at radius 2 is 2.07 bits per heavy atom. The van der Waals surface area contributed by atoms with E-state index in [2.05, 4.69) is 16.2 Å². The highest BCUT2D eigenvalue weighted by molar-refractivity contribution is 6.02. The van der Waals surface area contributed by atoms with Crippen molar-refractivity contribution in [3.8, 4) is 23.8 Å². The summed E-state index contributed by atoms with van der Waals surface area (Å²) in [6.07, 6.45) is 11.3. The van der Waals surface area contributed by atoms with E-state index in [1.165, 1.54) is 30.5 Å². The van der Waals surface area contributed by atoms with E-state index in [-0.39, 0.29) is 11.7 Å². The highest BCUT2D eigenvalue weighted by atomic mass is 19.1. The van der Waals surface area contributed by atoms with Crippen molar-refractivity contribution in [2.24, 2.45) is 0 Å². The van der Waals surface area contributed by atoms with Gasteiger partial charge in [0.05, 0.1) is 6.20 Å². The Hall–Kier alpha value is -3.91. The zero-order valence-electron chi connectivity index (χ0n) is 14.2. The topological polar surface area (TPSA) is 51.2 Å². The third kappa shape index (κ3) is 5.03. The summed E-state index contributed by atoms with van der Waals surface area (Å²) < 4.78 is 19.6. The molecule has 27 heavy (non-hydrogen) atoms. The summed E-state index contributed by atoms with van der Waals surface area (Å²) in [7, 11) is 0. The number of aromatic nitrogens is 1. The first kappa shape index (κ1) is 17.9. The fourth-order valence-electron chi connectivity index (χ4n) is 2.28. The van der Waals surface area contributed by atoms with E-state index in [4.69, 9.17) is 11.2 Å². The third-order valence-corrected chi connectivity index (χ3v) is 3.54. The first-order valence-electron chi connectivity index (χ1n) is 8.07. The van der Waals surface area contributed by atoms with Crippen LogP contribution >= 0.6 is 0 Å². The summed E-state index contributed by atoms with van der Waals surface area (Å²) >= 11 is 0. The van der Waals surface area contributed by atoms with Crippen molar-refractivity contribution in [2.75, 3.05) is 5.32 Å². The van der Waals surface area contributed by atoms with Gasteiger partial charge in [0.25, 0.3) is 0 Å². The number of halogens is 1. The summed E-state index contributed by atoms with van der Waals surface area (Å²) in [4.78, 5) is 15.9. The van der Waals surface area contributed by atoms with Gasteiger partial charge in [0.1, 0.15) is 5.75 Å². The Morgan fingerprint density at radius 1 is 1.19 bits per heavy atom. The van der Waals surface area contributed by atoms with Gasteiger partial charge in [0.15, 0.2) is 11.6 Å². The lowest BCUT2D eigenvalue weighted by molar-refractivity contribution is -0.111. The zero-order valence-corrected chi connectivity index (χ0v) is 14.2. The number of amides is 1. The molecule has 0 atom stereocenters. The van der Waals surface area contributed by atoms with Crippen LogP contribution in [0.25, 0.3) is 6.08 Å². The number of ether oxygens (including phenoxy) is 1. The average Bonchev–Trinajstić information content (AvgIpc) is 2.69. The van der Waals surface area contributed by atoms with E-state index < -0.39 is 5.82 Å². The van der Waals surface area contributed by atoms with Crippen molar-refractivity contribution in [2.45, 2.75) is 0 Å². The van der Waals surface area contributed by atoms with Crippen LogP contribution in [0.2, 0.25) is 0 Å². The molecule has 0 radical (unpaired) electrons. The Labute approximate surface area is 156 Å². The number of terminal acetylenes is 1. The predicted octanol–water partition coefficient (Wildman–Crippen LogP) is 4.65. The molecule has 0 spiro atoms. The largest absolute Gasteiger partial charge is 0.453 e. The molecule has 132 valence electrons. The molecule has 4 nitrogen and oxygen atoms in total. The number of benzene rings is 2. The van der Waals surface area contributed by atoms with Gasteiger partial charge in [-0.2, -0.15) is 0 Å². The Bertz CT molecular complexity index is 1020. The molecule has 1 N–H and O–H groups in total. The lowest BCUT2D eigenvalue weighted by atomic mass is 10.2. The highest BCUT2D eigenvalue weighted by Gasteiger charge is 2.06. The molecule has 0 aliphatic rings. The number of rotatable bonds is 5. The van der Waals surface area contributed by atoms with Gasteiger partial charge in [0.2, 0.25) is 5.91 Å². The van der Waals surface area contributed by atoms with Crippen LogP contribution in [0.4, 0.5) is 10.1 Å². The van der Waals surface area contributed by atoms with Crippen LogP contribution in [-0.2, 0) is 4.79 Å². The van der Waals surface area contributed by atoms with Crippen molar-refractivity contribution in [3.05, 3.63) is 90.0 Å². The number of carbonyl (C=O) groups excluding carboxylic acids is 1. The number of pyridine rings is 1. The van der Waals surface area contributed by atoms with E-state index in [1.807, 2.05) is 0 Å². The molecule has 0 aliphatic carbocycles. The minimum atomic E-state index is -0.539. The second-order valence-corrected chi connectivity index (χ2v) is 5.53. The monoisotopic (exact) mass is 358 g/mol. The minimum Gasteiger partial charge on any atom is -0.453 e. The van der Waals surface area contributed by atoms with Gasteiger partial charge in [0, 0.05) is 23.5 Å². The number of hydrogen-bond acceptors (Lipinski definition) is 3. The summed E-state index contributed by atoms with van der Waals surface area (Å²) in [6.45, 7) is 0. The number of anilines is 1. The molecule has 5 heteroatoms. The third-order valence-electron chi connectivity index (χ3n) is 3.54. The van der Waals surface area contributed by atoms with Crippen molar-refractivity contribution in [1.29, 1.82) is 0 Å². The summed E-state index contributed by atoms with van der Waals surface area (Å²) in [5, 5.41) is 2.70. The van der Waals surface area contributed by atoms with E-state index in [0.29, 0.717) is 22.6 Å². The SMILES string of the molecule is C#Cc1cccc(NC(=O)C=Cc2ccc(Oc3cccnc3)c(F)c2)c1. The van der Waals surface area contributed by atoms with Crippen LogP contribution < -0.4 is 10.1 Å². The maximum absolute atomic E-state index is 14.2. The molecule has 0 aliphatic heterocycles. The van der Waals surface area contributed by atoms with Gasteiger partial charge in [-0.25, -0.2) is 4.39 Å². The van der Waals surface area contributed by atoms with Crippen molar-refractivity contribution in [1.82, 2.24) is 4.98 Å². The minimum absolute atomic E-state index is 0.0794. The van der Waals surface area contributed by atoms with Crippen LogP contribution in [-0.4, -0.2) is 10.9 Å². The van der Waals surface area contributed by atoms with Crippen LogP contribution in [0.15, 0.2) is 73.1 Å². The Morgan fingerprint density at radius 3 is 2.81 bits per heavy atom. The Kier molecular flexibility index (Phi) is 5.60. The molecule has 0 saturated heterocycles. The number of hydrogen-bond donors (Lipinski definition) is 1. The lowest BCUT2D eigenvalue weighted by Crippen LogP contribution is -2.07. The summed E-state index contributed by atoms with van der Waals surface area (Å²) in [5.74, 6) is 2.13. The maximum atomic E-state index is 14.2. The molecular weight excluding hydrogens is 343 g/mol. The van der Waals surface area contributed by atoms with Gasteiger partial charge in [-0.1, -0.05) is 18.1 Å². The van der Waals surface area contributed by atoms with E-state index in [9.17, 15) is 9.18 Å². The molecule has 0 fully saturated rings. The zero-order chi connectivity index (χ0) is 19.1. The molecule has 1 heterocycles.